The topological polar surface area (TPSA) is 88.2 Å². The summed E-state index contributed by atoms with van der Waals surface area (Å²) in [7, 11) is 1.63. The minimum atomic E-state index is -0.361. The maximum atomic E-state index is 13.0. The first kappa shape index (κ1) is 23.7. The van der Waals surface area contributed by atoms with E-state index in [0.29, 0.717) is 42.1 Å². The van der Waals surface area contributed by atoms with Crippen LogP contribution in [0.15, 0.2) is 72.8 Å². The van der Waals surface area contributed by atoms with Crippen LogP contribution in [0.1, 0.15) is 42.7 Å². The Kier molecular flexibility index (Phi) is 6.79. The van der Waals surface area contributed by atoms with Crippen molar-refractivity contribution >= 4 is 23.4 Å². The zero-order valence-electron chi connectivity index (χ0n) is 20.0. The van der Waals surface area contributed by atoms with Crippen LogP contribution in [-0.4, -0.2) is 62.6 Å². The van der Waals surface area contributed by atoms with Gasteiger partial charge in [-0.25, -0.2) is 4.90 Å². The smallest absolute Gasteiger partial charge is 0.266 e. The Labute approximate surface area is 209 Å². The highest BCUT2D eigenvalue weighted by Gasteiger charge is 2.36. The SMILES string of the molecule is COc1ccc(C(CNC(=O)c2ccc(N3C(=O)c4ccccc4C3=O)cc2)N2CCOCC2)cc1. The number of ether oxygens (including phenoxy) is 2. The van der Waals surface area contributed by atoms with Gasteiger partial charge in [-0.05, 0) is 54.1 Å². The van der Waals surface area contributed by atoms with Crippen LogP contribution < -0.4 is 15.0 Å². The quantitative estimate of drug-likeness (QED) is 0.517. The van der Waals surface area contributed by atoms with Gasteiger partial charge in [0, 0.05) is 25.2 Å². The van der Waals surface area contributed by atoms with E-state index in [0.717, 1.165) is 29.3 Å². The second-order valence-electron chi connectivity index (χ2n) is 8.69. The standard InChI is InChI=1S/C28H27N3O5/c1-35-22-12-8-19(9-13-22)25(30-14-16-36-17-15-30)18-29-26(32)20-6-10-21(11-7-20)31-27(33)23-4-2-3-5-24(23)28(31)34/h2-13,25H,14-18H2,1H3,(H,29,32). The number of rotatable bonds is 7. The predicted molar refractivity (Wildman–Crippen MR) is 134 cm³/mol. The Morgan fingerprint density at radius 2 is 1.53 bits per heavy atom. The van der Waals surface area contributed by atoms with Crippen LogP contribution in [0.5, 0.6) is 5.75 Å². The molecule has 2 aliphatic heterocycles. The number of anilines is 1. The second-order valence-corrected chi connectivity index (χ2v) is 8.69. The van der Waals surface area contributed by atoms with Gasteiger partial charge in [0.2, 0.25) is 0 Å². The number of nitrogens with one attached hydrogen (secondary N) is 1. The van der Waals surface area contributed by atoms with Crippen molar-refractivity contribution in [3.8, 4) is 5.75 Å². The molecule has 0 aromatic heterocycles. The Bertz CT molecular complexity index is 1230. The fourth-order valence-corrected chi connectivity index (χ4v) is 4.65. The summed E-state index contributed by atoms with van der Waals surface area (Å²) in [6, 6.07) is 21.1. The van der Waals surface area contributed by atoms with E-state index in [1.807, 2.05) is 24.3 Å². The van der Waals surface area contributed by atoms with E-state index in [1.54, 1.807) is 55.6 Å². The maximum Gasteiger partial charge on any atom is 0.266 e. The number of hydrogen-bond acceptors (Lipinski definition) is 6. The van der Waals surface area contributed by atoms with Gasteiger partial charge in [-0.2, -0.15) is 0 Å². The lowest BCUT2D eigenvalue weighted by molar-refractivity contribution is 0.0162. The molecule has 2 heterocycles. The van der Waals surface area contributed by atoms with Crippen molar-refractivity contribution in [2.24, 2.45) is 0 Å². The second kappa shape index (κ2) is 10.3. The average Bonchev–Trinajstić information content (AvgIpc) is 3.19. The fraction of sp³-hybridized carbons (Fsp3) is 0.250. The largest absolute Gasteiger partial charge is 0.497 e. The minimum Gasteiger partial charge on any atom is -0.497 e. The van der Waals surface area contributed by atoms with Gasteiger partial charge in [-0.1, -0.05) is 24.3 Å². The molecule has 184 valence electrons. The van der Waals surface area contributed by atoms with E-state index in [4.69, 9.17) is 9.47 Å². The molecule has 3 aromatic carbocycles. The van der Waals surface area contributed by atoms with Gasteiger partial charge in [0.25, 0.3) is 17.7 Å². The normalized spacial score (nSPS) is 16.5. The minimum absolute atomic E-state index is 0.0126. The number of hydrogen-bond donors (Lipinski definition) is 1. The molecule has 0 aliphatic carbocycles. The van der Waals surface area contributed by atoms with Crippen molar-refractivity contribution in [3.05, 3.63) is 95.1 Å². The van der Waals surface area contributed by atoms with Gasteiger partial charge in [0.15, 0.2) is 0 Å². The molecule has 0 spiro atoms. The van der Waals surface area contributed by atoms with Crippen molar-refractivity contribution in [2.45, 2.75) is 6.04 Å². The van der Waals surface area contributed by atoms with Gasteiger partial charge in [0.1, 0.15) is 5.75 Å². The van der Waals surface area contributed by atoms with Crippen LogP contribution in [0, 0.1) is 0 Å². The number of carbonyl (C=O) groups is 3. The molecular weight excluding hydrogens is 458 g/mol. The molecule has 0 bridgehead atoms. The van der Waals surface area contributed by atoms with Crippen LogP contribution in [0.25, 0.3) is 0 Å². The zero-order valence-corrected chi connectivity index (χ0v) is 20.0. The summed E-state index contributed by atoms with van der Waals surface area (Å²) in [5.74, 6) is -0.168. The first-order valence-corrected chi connectivity index (χ1v) is 11.9. The number of fused-ring (bicyclic) bond motifs is 1. The number of nitrogens with zero attached hydrogens (tertiary/aromatic N) is 2. The van der Waals surface area contributed by atoms with Crippen LogP contribution >= 0.6 is 0 Å². The summed E-state index contributed by atoms with van der Waals surface area (Å²) in [4.78, 5) is 41.9. The van der Waals surface area contributed by atoms with Crippen LogP contribution in [0.2, 0.25) is 0 Å². The summed E-state index contributed by atoms with van der Waals surface area (Å²) in [5, 5.41) is 3.04. The van der Waals surface area contributed by atoms with E-state index in [2.05, 4.69) is 10.2 Å². The first-order chi connectivity index (χ1) is 17.6. The number of carbonyl (C=O) groups excluding carboxylic acids is 3. The van der Waals surface area contributed by atoms with Crippen LogP contribution in [-0.2, 0) is 4.74 Å². The molecule has 1 atom stereocenters. The van der Waals surface area contributed by atoms with E-state index >= 15 is 0 Å². The third-order valence-corrected chi connectivity index (χ3v) is 6.62. The molecule has 1 N–H and O–H groups in total. The van der Waals surface area contributed by atoms with Crippen molar-refractivity contribution in [3.63, 3.8) is 0 Å². The molecule has 8 heteroatoms. The van der Waals surface area contributed by atoms with Crippen LogP contribution in [0.3, 0.4) is 0 Å². The fourth-order valence-electron chi connectivity index (χ4n) is 4.65. The maximum absolute atomic E-state index is 13.0. The molecule has 2 aliphatic rings. The summed E-state index contributed by atoms with van der Waals surface area (Å²) in [6.45, 7) is 3.29. The van der Waals surface area contributed by atoms with Crippen LogP contribution in [0.4, 0.5) is 5.69 Å². The van der Waals surface area contributed by atoms with Gasteiger partial charge in [-0.3, -0.25) is 19.3 Å². The highest BCUT2D eigenvalue weighted by molar-refractivity contribution is 6.34. The zero-order chi connectivity index (χ0) is 25.1. The molecular formula is C28H27N3O5. The molecule has 1 fully saturated rings. The Balaban J connectivity index is 1.28. The molecule has 1 saturated heterocycles. The average molecular weight is 486 g/mol. The van der Waals surface area contributed by atoms with Crippen molar-refractivity contribution in [1.29, 1.82) is 0 Å². The highest BCUT2D eigenvalue weighted by atomic mass is 16.5. The molecule has 0 saturated carbocycles. The van der Waals surface area contributed by atoms with Gasteiger partial charge in [0.05, 0.1) is 43.2 Å². The van der Waals surface area contributed by atoms with Gasteiger partial charge in [-0.15, -0.1) is 0 Å². The number of amides is 3. The third kappa shape index (κ3) is 4.60. The molecule has 0 radical (unpaired) electrons. The molecule has 1 unspecified atom stereocenters. The molecule has 36 heavy (non-hydrogen) atoms. The van der Waals surface area contributed by atoms with E-state index in [9.17, 15) is 14.4 Å². The number of methoxy groups -OCH3 is 1. The predicted octanol–water partition coefficient (Wildman–Crippen LogP) is 3.30. The lowest BCUT2D eigenvalue weighted by Gasteiger charge is -2.35. The highest BCUT2D eigenvalue weighted by Crippen LogP contribution is 2.28. The summed E-state index contributed by atoms with van der Waals surface area (Å²) >= 11 is 0. The molecule has 3 amide bonds. The number of morpholine rings is 1. The lowest BCUT2D eigenvalue weighted by Crippen LogP contribution is -2.43. The van der Waals surface area contributed by atoms with Crippen molar-refractivity contribution in [1.82, 2.24) is 10.2 Å². The van der Waals surface area contributed by atoms with E-state index in [1.165, 1.54) is 0 Å². The van der Waals surface area contributed by atoms with Gasteiger partial charge >= 0.3 is 0 Å². The van der Waals surface area contributed by atoms with E-state index < -0.39 is 0 Å². The molecule has 5 rings (SSSR count). The monoisotopic (exact) mass is 485 g/mol. The summed E-state index contributed by atoms with van der Waals surface area (Å²) in [5.41, 5.74) is 2.74. The van der Waals surface area contributed by atoms with E-state index in [-0.39, 0.29) is 23.8 Å². The Hall–Kier alpha value is -4.01. The molecule has 8 nitrogen and oxygen atoms in total. The number of benzene rings is 3. The summed E-state index contributed by atoms with van der Waals surface area (Å²) < 4.78 is 10.8. The first-order valence-electron chi connectivity index (χ1n) is 11.9. The van der Waals surface area contributed by atoms with Crippen molar-refractivity contribution < 1.29 is 23.9 Å². The Morgan fingerprint density at radius 3 is 2.11 bits per heavy atom. The Morgan fingerprint density at radius 1 is 0.917 bits per heavy atom. The van der Waals surface area contributed by atoms with Crippen molar-refractivity contribution in [2.75, 3.05) is 44.9 Å². The lowest BCUT2D eigenvalue weighted by atomic mass is 10.0. The summed E-state index contributed by atoms with van der Waals surface area (Å²) in [6.07, 6.45) is 0. The number of imide groups is 1. The third-order valence-electron chi connectivity index (χ3n) is 6.62. The van der Waals surface area contributed by atoms with Gasteiger partial charge < -0.3 is 14.8 Å². The molecule has 3 aromatic rings.